The van der Waals surface area contributed by atoms with Gasteiger partial charge < -0.3 is 49.3 Å². The van der Waals surface area contributed by atoms with Crippen LogP contribution >= 0.6 is 0 Å². The molecule has 2 aliphatic rings. The van der Waals surface area contributed by atoms with Crippen molar-refractivity contribution in [2.24, 2.45) is 11.8 Å². The van der Waals surface area contributed by atoms with Crippen molar-refractivity contribution < 1.29 is 34.0 Å². The van der Waals surface area contributed by atoms with Crippen LogP contribution in [-0.4, -0.2) is 189 Å². The van der Waals surface area contributed by atoms with Crippen molar-refractivity contribution >= 4 is 29.7 Å². The van der Waals surface area contributed by atoms with E-state index in [0.717, 1.165) is 0 Å². The van der Waals surface area contributed by atoms with Gasteiger partial charge in [0.15, 0.2) is 0 Å². The molecule has 2 saturated heterocycles. The fourth-order valence-electron chi connectivity index (χ4n) is 6.91. The number of rotatable bonds is 23. The summed E-state index contributed by atoms with van der Waals surface area (Å²) in [5.41, 5.74) is 1.27. The van der Waals surface area contributed by atoms with E-state index in [9.17, 15) is 19.8 Å². The number of nitrogens with zero attached hydrogens (tertiary/aromatic N) is 13. The number of aromatic nitrogens is 9. The molecule has 2 fully saturated rings. The summed E-state index contributed by atoms with van der Waals surface area (Å²) in [4.78, 5) is 50.0. The average molecular weight is 825 g/mol. The minimum atomic E-state index is -0.524. The summed E-state index contributed by atoms with van der Waals surface area (Å²) >= 11 is 0. The third kappa shape index (κ3) is 12.7. The molecule has 5 heterocycles. The van der Waals surface area contributed by atoms with Gasteiger partial charge in [-0.2, -0.15) is 15.0 Å². The first-order valence-electron chi connectivity index (χ1n) is 20.4. The number of nitrogens with one attached hydrogen (secondary N) is 1. The maximum atomic E-state index is 13.8. The van der Waals surface area contributed by atoms with Gasteiger partial charge in [0.05, 0.1) is 44.4 Å². The average Bonchev–Trinajstić information content (AvgIpc) is 3.89. The Hall–Kier alpha value is -5.01. The van der Waals surface area contributed by atoms with Gasteiger partial charge in [-0.15, -0.1) is 16.6 Å². The summed E-state index contributed by atoms with van der Waals surface area (Å²) in [6, 6.07) is -1.05. The first kappa shape index (κ1) is 45.1. The number of amides is 2. The molecule has 2 amide bonds. The molecule has 3 aromatic heterocycles. The van der Waals surface area contributed by atoms with Gasteiger partial charge in [-0.05, 0) is 11.8 Å². The maximum Gasteiger partial charge on any atom is 0.247 e. The van der Waals surface area contributed by atoms with E-state index in [1.165, 1.54) is 0 Å². The van der Waals surface area contributed by atoms with Gasteiger partial charge in [0, 0.05) is 97.4 Å². The Labute approximate surface area is 345 Å². The van der Waals surface area contributed by atoms with Crippen LogP contribution < -0.4 is 15.1 Å². The normalized spacial score (nSPS) is 15.8. The van der Waals surface area contributed by atoms with Crippen molar-refractivity contribution in [3.63, 3.8) is 0 Å². The fourth-order valence-corrected chi connectivity index (χ4v) is 6.91. The monoisotopic (exact) mass is 824 g/mol. The number of hydrogen-bond donors (Lipinski definition) is 3. The molecule has 0 spiro atoms. The number of hydrogen-bond acceptors (Lipinski definition) is 17. The van der Waals surface area contributed by atoms with E-state index < -0.39 is 12.1 Å². The van der Waals surface area contributed by atoms with Crippen LogP contribution in [0.15, 0.2) is 12.4 Å². The van der Waals surface area contributed by atoms with E-state index in [4.69, 9.17) is 35.6 Å². The largest absolute Gasteiger partial charge is 0.396 e. The zero-order chi connectivity index (χ0) is 42.1. The zero-order valence-electron chi connectivity index (χ0n) is 34.7. The topological polar surface area (TPSA) is 227 Å². The standard InChI is InChI=1S/C38H60N14O7/c1-6-20-57-22-24-59-25-23-58-21-9-39-36-40-37(49-14-10-47(11-15-49)34(55)32(28(2)3)51-26-30(7-18-53)43-45-51)42-38(41-36)50-16-12-48(13-17-50)35(56)33(29(4)5)52-27-31(8-19-54)44-46-52/h1,26-29,32-33,53-54H,7-25H2,2-5H3,(H,39,40,41,42)/t32-,33-/m1/s1. The van der Waals surface area contributed by atoms with Gasteiger partial charge in [-0.25, -0.2) is 9.36 Å². The Kier molecular flexibility index (Phi) is 17.5. The molecule has 2 atom stereocenters. The molecule has 0 unspecified atom stereocenters. The lowest BCUT2D eigenvalue weighted by atomic mass is 10.0. The van der Waals surface area contributed by atoms with E-state index in [2.05, 4.69) is 41.7 Å². The number of carbonyl (C=O) groups excluding carboxylic acids is 2. The van der Waals surface area contributed by atoms with Gasteiger partial charge in [-0.1, -0.05) is 44.0 Å². The van der Waals surface area contributed by atoms with Crippen LogP contribution in [0, 0.1) is 24.2 Å². The van der Waals surface area contributed by atoms with E-state index >= 15 is 0 Å². The van der Waals surface area contributed by atoms with Gasteiger partial charge in [0.2, 0.25) is 29.7 Å². The number of aliphatic hydroxyl groups is 2. The van der Waals surface area contributed by atoms with E-state index in [1.807, 2.05) is 37.5 Å². The van der Waals surface area contributed by atoms with E-state index in [-0.39, 0.29) is 43.5 Å². The lowest BCUT2D eigenvalue weighted by Gasteiger charge is -2.38. The SMILES string of the molecule is C#CCOCCOCCOCCNc1nc(N2CCN(C(=O)[C@@H](C(C)C)n3cc(CCO)nn3)CC2)nc(N2CCN(C(=O)[C@@H](C(C)C)n3cc(CCO)nn3)CC2)n1. The zero-order valence-corrected chi connectivity index (χ0v) is 34.7. The van der Waals surface area contributed by atoms with Gasteiger partial charge >= 0.3 is 0 Å². The van der Waals surface area contributed by atoms with Crippen molar-refractivity contribution in [3.8, 4) is 12.3 Å². The first-order chi connectivity index (χ1) is 28.6. The summed E-state index contributed by atoms with van der Waals surface area (Å²) in [6.45, 7) is 14.5. The smallest absolute Gasteiger partial charge is 0.247 e. The molecule has 0 radical (unpaired) electrons. The highest BCUT2D eigenvalue weighted by Gasteiger charge is 2.34. The quantitative estimate of drug-likeness (QED) is 0.0795. The predicted octanol–water partition coefficient (Wildman–Crippen LogP) is -0.689. The van der Waals surface area contributed by atoms with Gasteiger partial charge in [-0.3, -0.25) is 9.59 Å². The van der Waals surface area contributed by atoms with Crippen molar-refractivity contribution in [1.29, 1.82) is 0 Å². The molecule has 3 N–H and O–H groups in total. The number of piperazine rings is 2. The molecule has 0 saturated carbocycles. The van der Waals surface area contributed by atoms with Crippen LogP contribution in [0.1, 0.15) is 51.2 Å². The fraction of sp³-hybridized carbons (Fsp3) is 0.711. The molecule has 0 bridgehead atoms. The molecule has 5 rings (SSSR count). The van der Waals surface area contributed by atoms with Crippen LogP contribution in [0.5, 0.6) is 0 Å². The first-order valence-corrected chi connectivity index (χ1v) is 20.4. The van der Waals surface area contributed by atoms with Gasteiger partial charge in [0.1, 0.15) is 18.7 Å². The molecule has 2 aliphatic heterocycles. The van der Waals surface area contributed by atoms with Crippen molar-refractivity contribution in [1.82, 2.24) is 54.7 Å². The Bertz CT molecular complexity index is 1680. The molecule has 324 valence electrons. The summed E-state index contributed by atoms with van der Waals surface area (Å²) in [7, 11) is 0. The molecule has 21 nitrogen and oxygen atoms in total. The van der Waals surface area contributed by atoms with Crippen LogP contribution in [-0.2, 0) is 36.6 Å². The minimum absolute atomic E-state index is 0.0291. The Morgan fingerprint density at radius 2 is 1.14 bits per heavy atom. The summed E-state index contributed by atoms with van der Waals surface area (Å²) in [6.07, 6.45) is 9.40. The van der Waals surface area contributed by atoms with Crippen LogP contribution in [0.4, 0.5) is 17.8 Å². The highest BCUT2D eigenvalue weighted by molar-refractivity contribution is 5.81. The number of aliphatic hydroxyl groups excluding tert-OH is 2. The number of anilines is 3. The second kappa shape index (κ2) is 23.0. The van der Waals surface area contributed by atoms with E-state index in [0.29, 0.717) is 134 Å². The Morgan fingerprint density at radius 1 is 0.695 bits per heavy atom. The third-order valence-electron chi connectivity index (χ3n) is 10.0. The number of ether oxygens (including phenoxy) is 3. The third-order valence-corrected chi connectivity index (χ3v) is 10.0. The Balaban J connectivity index is 1.23. The molecule has 0 aromatic carbocycles. The lowest BCUT2D eigenvalue weighted by Crippen LogP contribution is -2.52. The van der Waals surface area contributed by atoms with Crippen molar-refractivity contribution in [3.05, 3.63) is 23.8 Å². The van der Waals surface area contributed by atoms with Crippen molar-refractivity contribution in [2.45, 2.75) is 52.6 Å². The molecule has 21 heteroatoms. The highest BCUT2D eigenvalue weighted by Crippen LogP contribution is 2.25. The van der Waals surface area contributed by atoms with Crippen molar-refractivity contribution in [2.75, 3.05) is 127 Å². The summed E-state index contributed by atoms with van der Waals surface area (Å²) in [5.74, 6) is 3.64. The summed E-state index contributed by atoms with van der Waals surface area (Å²) in [5, 5.41) is 38.6. The lowest BCUT2D eigenvalue weighted by molar-refractivity contribution is -0.137. The Morgan fingerprint density at radius 3 is 1.56 bits per heavy atom. The second-order valence-corrected chi connectivity index (χ2v) is 15.0. The van der Waals surface area contributed by atoms with Crippen LogP contribution in [0.25, 0.3) is 0 Å². The second-order valence-electron chi connectivity index (χ2n) is 15.0. The maximum absolute atomic E-state index is 13.8. The minimum Gasteiger partial charge on any atom is -0.396 e. The molecular formula is C38H60N14O7. The summed E-state index contributed by atoms with van der Waals surface area (Å²) < 4.78 is 19.7. The number of terminal acetylenes is 1. The highest BCUT2D eigenvalue weighted by atomic mass is 16.5. The van der Waals surface area contributed by atoms with Crippen LogP contribution in [0.3, 0.4) is 0 Å². The van der Waals surface area contributed by atoms with E-state index in [1.54, 1.807) is 21.8 Å². The molecule has 0 aliphatic carbocycles. The number of carbonyl (C=O) groups is 2. The molecule has 59 heavy (non-hydrogen) atoms. The van der Waals surface area contributed by atoms with Gasteiger partial charge in [0.25, 0.3) is 0 Å². The molecular weight excluding hydrogens is 765 g/mol. The van der Waals surface area contributed by atoms with Crippen LogP contribution in [0.2, 0.25) is 0 Å². The molecule has 3 aromatic rings. The predicted molar refractivity (Wildman–Crippen MR) is 217 cm³/mol.